The first kappa shape index (κ1) is 13.4. The topological polar surface area (TPSA) is 58.2 Å². The second kappa shape index (κ2) is 7.79. The van der Waals surface area contributed by atoms with E-state index in [1.807, 2.05) is 6.92 Å². The molecule has 4 nitrogen and oxygen atoms in total. The summed E-state index contributed by atoms with van der Waals surface area (Å²) >= 11 is 3.16. The molecule has 0 aromatic rings. The summed E-state index contributed by atoms with van der Waals surface area (Å²) in [6.07, 6.45) is 1.29. The lowest BCUT2D eigenvalue weighted by Gasteiger charge is -2.13. The lowest BCUT2D eigenvalue weighted by molar-refractivity contribution is -0.128. The van der Waals surface area contributed by atoms with Crippen molar-refractivity contribution in [3.05, 3.63) is 0 Å². The highest BCUT2D eigenvalue weighted by molar-refractivity contribution is 9.09. The second-order valence-electron chi connectivity index (χ2n) is 3.02. The average Bonchev–Trinajstić information content (AvgIpc) is 2.14. The Hall–Kier alpha value is -0.580. The van der Waals surface area contributed by atoms with E-state index < -0.39 is 6.04 Å². The fourth-order valence-corrected chi connectivity index (χ4v) is 1.23. The number of rotatable bonds is 6. The minimum atomic E-state index is -0.451. The Morgan fingerprint density at radius 3 is 2.57 bits per heavy atom. The molecule has 1 unspecified atom stereocenters. The molecule has 14 heavy (non-hydrogen) atoms. The second-order valence-corrected chi connectivity index (χ2v) is 3.81. The van der Waals surface area contributed by atoms with Crippen molar-refractivity contribution in [3.8, 4) is 0 Å². The molecule has 0 rings (SSSR count). The summed E-state index contributed by atoms with van der Waals surface area (Å²) < 4.78 is 0. The van der Waals surface area contributed by atoms with E-state index in [4.69, 9.17) is 0 Å². The largest absolute Gasteiger partial charge is 0.354 e. The summed E-state index contributed by atoms with van der Waals surface area (Å²) in [5, 5.41) is 5.94. The number of carbonyl (C=O) groups excluding carboxylic acids is 2. The van der Waals surface area contributed by atoms with Gasteiger partial charge in [0.05, 0.1) is 0 Å². The minimum absolute atomic E-state index is 0.110. The van der Waals surface area contributed by atoms with Crippen LogP contribution in [0.1, 0.15) is 26.7 Å². The molecule has 0 radical (unpaired) electrons. The minimum Gasteiger partial charge on any atom is -0.354 e. The maximum absolute atomic E-state index is 11.3. The highest BCUT2D eigenvalue weighted by Gasteiger charge is 2.13. The standard InChI is InChI=1S/C9H17BrN2O2/c1-3-6-11-9(14)7(2)12-8(13)4-5-10/h7H,3-6H2,1-2H3,(H,11,14)(H,12,13). The third-order valence-electron chi connectivity index (χ3n) is 1.64. The van der Waals surface area contributed by atoms with Crippen molar-refractivity contribution in [2.24, 2.45) is 0 Å². The Labute approximate surface area is 92.9 Å². The summed E-state index contributed by atoms with van der Waals surface area (Å²) in [6.45, 7) is 4.31. The zero-order valence-electron chi connectivity index (χ0n) is 8.60. The zero-order valence-corrected chi connectivity index (χ0v) is 10.2. The fourth-order valence-electron chi connectivity index (χ4n) is 0.866. The molecule has 0 heterocycles. The first-order valence-electron chi connectivity index (χ1n) is 4.74. The van der Waals surface area contributed by atoms with Crippen LogP contribution < -0.4 is 10.6 Å². The van der Waals surface area contributed by atoms with E-state index in [1.54, 1.807) is 6.92 Å². The van der Waals surface area contributed by atoms with E-state index in [0.717, 1.165) is 6.42 Å². The van der Waals surface area contributed by atoms with Crippen LogP contribution in [0, 0.1) is 0 Å². The van der Waals surface area contributed by atoms with Crippen LogP contribution >= 0.6 is 15.9 Å². The predicted molar refractivity (Wildman–Crippen MR) is 59.3 cm³/mol. The van der Waals surface area contributed by atoms with E-state index in [2.05, 4.69) is 26.6 Å². The summed E-state index contributed by atoms with van der Waals surface area (Å²) in [4.78, 5) is 22.4. The molecule has 0 spiro atoms. The summed E-state index contributed by atoms with van der Waals surface area (Å²) in [6, 6.07) is -0.451. The molecule has 0 aliphatic rings. The van der Waals surface area contributed by atoms with Crippen LogP contribution in [0.5, 0.6) is 0 Å². The Kier molecular flexibility index (Phi) is 7.47. The third kappa shape index (κ3) is 5.96. The van der Waals surface area contributed by atoms with E-state index in [9.17, 15) is 9.59 Å². The molecule has 0 saturated carbocycles. The Morgan fingerprint density at radius 1 is 1.43 bits per heavy atom. The Morgan fingerprint density at radius 2 is 2.07 bits per heavy atom. The highest BCUT2D eigenvalue weighted by Crippen LogP contribution is 1.90. The SMILES string of the molecule is CCCNC(=O)C(C)NC(=O)CCBr. The van der Waals surface area contributed by atoms with Crippen LogP contribution in [0.25, 0.3) is 0 Å². The molecule has 1 atom stereocenters. The fraction of sp³-hybridized carbons (Fsp3) is 0.778. The van der Waals surface area contributed by atoms with Gasteiger partial charge in [-0.2, -0.15) is 0 Å². The summed E-state index contributed by atoms with van der Waals surface area (Å²) in [5.74, 6) is -0.240. The van der Waals surface area contributed by atoms with Crippen molar-refractivity contribution < 1.29 is 9.59 Å². The number of hydrogen-bond donors (Lipinski definition) is 2. The molecule has 82 valence electrons. The molecule has 2 amide bonds. The van der Waals surface area contributed by atoms with Gasteiger partial charge in [0.1, 0.15) is 6.04 Å². The first-order chi connectivity index (χ1) is 6.61. The van der Waals surface area contributed by atoms with E-state index in [1.165, 1.54) is 0 Å². The molecule has 0 saturated heterocycles. The lowest BCUT2D eigenvalue weighted by atomic mass is 10.3. The van der Waals surface area contributed by atoms with Crippen LogP contribution in [-0.4, -0.2) is 29.7 Å². The molecule has 0 aliphatic carbocycles. The van der Waals surface area contributed by atoms with Gasteiger partial charge in [0, 0.05) is 18.3 Å². The van der Waals surface area contributed by atoms with Crippen molar-refractivity contribution in [2.45, 2.75) is 32.7 Å². The summed E-state index contributed by atoms with van der Waals surface area (Å²) in [5.41, 5.74) is 0. The monoisotopic (exact) mass is 264 g/mol. The van der Waals surface area contributed by atoms with Gasteiger partial charge >= 0.3 is 0 Å². The number of hydrogen-bond acceptors (Lipinski definition) is 2. The Bertz CT molecular complexity index is 197. The van der Waals surface area contributed by atoms with Crippen molar-refractivity contribution in [3.63, 3.8) is 0 Å². The number of nitrogens with one attached hydrogen (secondary N) is 2. The molecular formula is C9H17BrN2O2. The normalized spacial score (nSPS) is 11.9. The molecule has 0 aliphatic heterocycles. The van der Waals surface area contributed by atoms with Gasteiger partial charge in [0.15, 0.2) is 0 Å². The van der Waals surface area contributed by atoms with Gasteiger partial charge in [-0.3, -0.25) is 9.59 Å². The lowest BCUT2D eigenvalue weighted by Crippen LogP contribution is -2.45. The number of alkyl halides is 1. The van der Waals surface area contributed by atoms with Crippen molar-refractivity contribution >= 4 is 27.7 Å². The van der Waals surface area contributed by atoms with Gasteiger partial charge in [0.25, 0.3) is 0 Å². The molecule has 0 aromatic carbocycles. The average molecular weight is 265 g/mol. The van der Waals surface area contributed by atoms with Crippen LogP contribution in [0.15, 0.2) is 0 Å². The molecule has 5 heteroatoms. The molecule has 2 N–H and O–H groups in total. The number of amides is 2. The third-order valence-corrected chi connectivity index (χ3v) is 2.04. The smallest absolute Gasteiger partial charge is 0.242 e. The van der Waals surface area contributed by atoms with Crippen molar-refractivity contribution in [2.75, 3.05) is 11.9 Å². The quantitative estimate of drug-likeness (QED) is 0.698. The van der Waals surface area contributed by atoms with Gasteiger partial charge in [-0.25, -0.2) is 0 Å². The maximum Gasteiger partial charge on any atom is 0.242 e. The maximum atomic E-state index is 11.3. The van der Waals surface area contributed by atoms with E-state index in [-0.39, 0.29) is 11.8 Å². The molecular weight excluding hydrogens is 248 g/mol. The van der Waals surface area contributed by atoms with Crippen LogP contribution in [0.2, 0.25) is 0 Å². The Balaban J connectivity index is 3.76. The predicted octanol–water partition coefficient (Wildman–Crippen LogP) is 0.802. The van der Waals surface area contributed by atoms with Crippen LogP contribution in [0.4, 0.5) is 0 Å². The van der Waals surface area contributed by atoms with Crippen LogP contribution in [0.3, 0.4) is 0 Å². The molecule has 0 aromatic heterocycles. The highest BCUT2D eigenvalue weighted by atomic mass is 79.9. The van der Waals surface area contributed by atoms with Gasteiger partial charge in [-0.15, -0.1) is 0 Å². The van der Waals surface area contributed by atoms with Gasteiger partial charge < -0.3 is 10.6 Å². The molecule has 0 bridgehead atoms. The van der Waals surface area contributed by atoms with Gasteiger partial charge in [0.2, 0.25) is 11.8 Å². The van der Waals surface area contributed by atoms with E-state index in [0.29, 0.717) is 18.3 Å². The van der Waals surface area contributed by atoms with Gasteiger partial charge in [-0.1, -0.05) is 22.9 Å². The number of carbonyl (C=O) groups is 2. The van der Waals surface area contributed by atoms with Crippen molar-refractivity contribution in [1.29, 1.82) is 0 Å². The first-order valence-corrected chi connectivity index (χ1v) is 5.87. The zero-order chi connectivity index (χ0) is 11.0. The van der Waals surface area contributed by atoms with Crippen LogP contribution in [-0.2, 0) is 9.59 Å². The van der Waals surface area contributed by atoms with Crippen molar-refractivity contribution in [1.82, 2.24) is 10.6 Å². The molecule has 0 fully saturated rings. The summed E-state index contributed by atoms with van der Waals surface area (Å²) in [7, 11) is 0. The van der Waals surface area contributed by atoms with E-state index >= 15 is 0 Å². The number of halogens is 1. The van der Waals surface area contributed by atoms with Gasteiger partial charge in [-0.05, 0) is 13.3 Å².